The molecule has 0 fully saturated rings. The van der Waals surface area contributed by atoms with Crippen LogP contribution in [-0.4, -0.2) is 41.1 Å². The molecule has 0 atom stereocenters. The average Bonchev–Trinajstić information content (AvgIpc) is 2.78. The molecule has 0 N–H and O–H groups in total. The molecule has 0 unspecified atom stereocenters. The number of allylic oxidation sites excluding steroid dienone is 2. The summed E-state index contributed by atoms with van der Waals surface area (Å²) in [6.07, 6.45) is 9.13. The lowest BCUT2D eigenvalue weighted by Gasteiger charge is -2.14. The number of Topliss-reactive ketones (excluding diaryl/α,β-unsaturated/α-hetero) is 1. The van der Waals surface area contributed by atoms with Gasteiger partial charge in [-0.3, -0.25) is 9.48 Å². The molecular formula is C15H22BrN3O. The zero-order chi connectivity index (χ0) is 14.5. The third-order valence-corrected chi connectivity index (χ3v) is 4.17. The molecule has 1 aromatic rings. The summed E-state index contributed by atoms with van der Waals surface area (Å²) >= 11 is 3.45. The van der Waals surface area contributed by atoms with Gasteiger partial charge in [-0.2, -0.15) is 5.10 Å². The molecule has 0 aromatic carbocycles. The third-order valence-electron chi connectivity index (χ3n) is 3.59. The van der Waals surface area contributed by atoms with Crippen LogP contribution in [0.4, 0.5) is 0 Å². The molecule has 1 aromatic heterocycles. The lowest BCUT2D eigenvalue weighted by atomic mass is 9.95. The normalized spacial score (nSPS) is 15.5. The number of ketones is 1. The van der Waals surface area contributed by atoms with E-state index in [0.717, 1.165) is 30.4 Å². The monoisotopic (exact) mass is 339 g/mol. The Bertz CT molecular complexity index is 505. The van der Waals surface area contributed by atoms with Gasteiger partial charge in [-0.1, -0.05) is 11.6 Å². The molecule has 0 amide bonds. The van der Waals surface area contributed by atoms with Crippen LogP contribution in [0.2, 0.25) is 0 Å². The third kappa shape index (κ3) is 4.03. The average molecular weight is 340 g/mol. The predicted octanol–water partition coefficient (Wildman–Crippen LogP) is 3.28. The second-order valence-electron chi connectivity index (χ2n) is 5.58. The standard InChI is InChI=1S/C15H22BrN3O/c1-18(2)8-9-19-15(13(16)11-17-19)14(20)10-12-6-4-3-5-7-12/h6,11H,3-5,7-10H2,1-2H3. The van der Waals surface area contributed by atoms with Gasteiger partial charge in [0.1, 0.15) is 5.69 Å². The maximum atomic E-state index is 12.5. The zero-order valence-corrected chi connectivity index (χ0v) is 13.8. The summed E-state index contributed by atoms with van der Waals surface area (Å²) in [4.78, 5) is 14.6. The van der Waals surface area contributed by atoms with Crippen LogP contribution in [0.15, 0.2) is 22.3 Å². The van der Waals surface area contributed by atoms with Crippen molar-refractivity contribution < 1.29 is 4.79 Å². The SMILES string of the molecule is CN(C)CCn1ncc(Br)c1C(=O)CC1=CCCCC1. The van der Waals surface area contributed by atoms with Crippen molar-refractivity contribution in [2.45, 2.75) is 38.6 Å². The first kappa shape index (κ1) is 15.4. The zero-order valence-electron chi connectivity index (χ0n) is 12.2. The predicted molar refractivity (Wildman–Crippen MR) is 84.0 cm³/mol. The minimum atomic E-state index is 0.168. The Hall–Kier alpha value is -0.940. The topological polar surface area (TPSA) is 38.1 Å². The van der Waals surface area contributed by atoms with Crippen LogP contribution in [0.1, 0.15) is 42.6 Å². The van der Waals surface area contributed by atoms with Crippen molar-refractivity contribution in [2.24, 2.45) is 0 Å². The maximum absolute atomic E-state index is 12.5. The van der Waals surface area contributed by atoms with Gasteiger partial charge in [-0.15, -0.1) is 0 Å². The molecule has 0 radical (unpaired) electrons. The summed E-state index contributed by atoms with van der Waals surface area (Å²) in [6.45, 7) is 1.61. The van der Waals surface area contributed by atoms with Gasteiger partial charge in [-0.05, 0) is 55.7 Å². The molecular weight excluding hydrogens is 318 g/mol. The van der Waals surface area contributed by atoms with Crippen LogP contribution in [0.25, 0.3) is 0 Å². The van der Waals surface area contributed by atoms with Crippen LogP contribution < -0.4 is 0 Å². The van der Waals surface area contributed by atoms with Gasteiger partial charge >= 0.3 is 0 Å². The van der Waals surface area contributed by atoms with Crippen molar-refractivity contribution in [2.75, 3.05) is 20.6 Å². The summed E-state index contributed by atoms with van der Waals surface area (Å²) < 4.78 is 2.62. The van der Waals surface area contributed by atoms with Crippen molar-refractivity contribution in [3.63, 3.8) is 0 Å². The largest absolute Gasteiger partial charge is 0.308 e. The van der Waals surface area contributed by atoms with E-state index in [1.165, 1.54) is 18.4 Å². The van der Waals surface area contributed by atoms with Crippen LogP contribution in [0.3, 0.4) is 0 Å². The highest BCUT2D eigenvalue weighted by atomic mass is 79.9. The van der Waals surface area contributed by atoms with E-state index in [0.29, 0.717) is 12.1 Å². The van der Waals surface area contributed by atoms with Crippen molar-refractivity contribution in [1.29, 1.82) is 0 Å². The summed E-state index contributed by atoms with van der Waals surface area (Å²) in [6, 6.07) is 0. The van der Waals surface area contributed by atoms with Crippen LogP contribution in [0, 0.1) is 0 Å². The Labute approximate surface area is 129 Å². The second kappa shape index (κ2) is 7.18. The minimum Gasteiger partial charge on any atom is -0.308 e. The number of hydrogen-bond acceptors (Lipinski definition) is 3. The Balaban J connectivity index is 2.08. The molecule has 20 heavy (non-hydrogen) atoms. The van der Waals surface area contributed by atoms with Gasteiger partial charge in [0.25, 0.3) is 0 Å². The quantitative estimate of drug-likeness (QED) is 0.589. The van der Waals surface area contributed by atoms with E-state index in [-0.39, 0.29) is 5.78 Å². The molecule has 1 aliphatic rings. The highest BCUT2D eigenvalue weighted by molar-refractivity contribution is 9.10. The number of halogens is 1. The molecule has 0 spiro atoms. The summed E-state index contributed by atoms with van der Waals surface area (Å²) in [5, 5.41) is 4.30. The van der Waals surface area contributed by atoms with Crippen molar-refractivity contribution >= 4 is 21.7 Å². The molecule has 1 heterocycles. The molecule has 1 aliphatic carbocycles. The fraction of sp³-hybridized carbons (Fsp3) is 0.600. The second-order valence-corrected chi connectivity index (χ2v) is 6.43. The highest BCUT2D eigenvalue weighted by Gasteiger charge is 2.19. The van der Waals surface area contributed by atoms with Crippen molar-refractivity contribution in [1.82, 2.24) is 14.7 Å². The van der Waals surface area contributed by atoms with Crippen LogP contribution in [0.5, 0.6) is 0 Å². The Morgan fingerprint density at radius 1 is 1.45 bits per heavy atom. The van der Waals surface area contributed by atoms with E-state index in [2.05, 4.69) is 32.0 Å². The Kier molecular flexibility index (Phi) is 5.54. The first-order valence-electron chi connectivity index (χ1n) is 7.15. The molecule has 2 rings (SSSR count). The van der Waals surface area contributed by atoms with E-state index in [1.807, 2.05) is 18.8 Å². The molecule has 0 bridgehead atoms. The number of carbonyl (C=O) groups excluding carboxylic acids is 1. The van der Waals surface area contributed by atoms with Gasteiger partial charge in [0.05, 0.1) is 17.2 Å². The number of rotatable bonds is 6. The lowest BCUT2D eigenvalue weighted by Crippen LogP contribution is -2.21. The molecule has 5 heteroatoms. The number of carbonyl (C=O) groups is 1. The number of hydrogen-bond donors (Lipinski definition) is 0. The van der Waals surface area contributed by atoms with Crippen LogP contribution in [-0.2, 0) is 6.54 Å². The van der Waals surface area contributed by atoms with Crippen molar-refractivity contribution in [3.8, 4) is 0 Å². The lowest BCUT2D eigenvalue weighted by molar-refractivity contribution is 0.0979. The summed E-state index contributed by atoms with van der Waals surface area (Å²) in [5.41, 5.74) is 1.99. The van der Waals surface area contributed by atoms with Gasteiger partial charge in [0, 0.05) is 13.0 Å². The first-order valence-corrected chi connectivity index (χ1v) is 7.94. The molecule has 0 saturated carbocycles. The number of nitrogens with zero attached hydrogens (tertiary/aromatic N) is 3. The fourth-order valence-electron chi connectivity index (χ4n) is 2.46. The van der Waals surface area contributed by atoms with Gasteiger partial charge in [0.15, 0.2) is 5.78 Å². The van der Waals surface area contributed by atoms with E-state index in [9.17, 15) is 4.79 Å². The van der Waals surface area contributed by atoms with E-state index < -0.39 is 0 Å². The summed E-state index contributed by atoms with van der Waals surface area (Å²) in [5.74, 6) is 0.168. The first-order chi connectivity index (χ1) is 9.58. The fourth-order valence-corrected chi connectivity index (χ4v) is 2.98. The molecule has 0 saturated heterocycles. The number of aromatic nitrogens is 2. The van der Waals surface area contributed by atoms with Gasteiger partial charge < -0.3 is 4.90 Å². The van der Waals surface area contributed by atoms with Gasteiger partial charge in [-0.25, -0.2) is 0 Å². The Morgan fingerprint density at radius 3 is 2.90 bits per heavy atom. The smallest absolute Gasteiger partial charge is 0.186 e. The van der Waals surface area contributed by atoms with Crippen LogP contribution >= 0.6 is 15.9 Å². The molecule has 4 nitrogen and oxygen atoms in total. The highest BCUT2D eigenvalue weighted by Crippen LogP contribution is 2.24. The van der Waals surface area contributed by atoms with Crippen molar-refractivity contribution in [3.05, 3.63) is 28.0 Å². The minimum absolute atomic E-state index is 0.168. The summed E-state index contributed by atoms with van der Waals surface area (Å²) in [7, 11) is 4.04. The maximum Gasteiger partial charge on any atom is 0.186 e. The van der Waals surface area contributed by atoms with E-state index in [4.69, 9.17) is 0 Å². The molecule has 110 valence electrons. The van der Waals surface area contributed by atoms with E-state index in [1.54, 1.807) is 6.20 Å². The number of likely N-dealkylation sites (N-methyl/N-ethyl adjacent to an activating group) is 1. The Morgan fingerprint density at radius 2 is 2.25 bits per heavy atom. The van der Waals surface area contributed by atoms with Gasteiger partial charge in [0.2, 0.25) is 0 Å². The molecule has 0 aliphatic heterocycles. The van der Waals surface area contributed by atoms with E-state index >= 15 is 0 Å².